The van der Waals surface area contributed by atoms with Gasteiger partial charge in [-0.2, -0.15) is 0 Å². The lowest BCUT2D eigenvalue weighted by Gasteiger charge is -2.15. The topological polar surface area (TPSA) is 75.1 Å². The highest BCUT2D eigenvalue weighted by molar-refractivity contribution is 14.0. The van der Waals surface area contributed by atoms with Crippen LogP contribution in [0.4, 0.5) is 4.39 Å². The standard InChI is InChI=1S/C21H28FN3O3.HI/c1-4-23-21(24-12-11-16-9-10-18(26)20(13-16)27-3)25-14-15(2)28-19-8-6-5-7-17(19)22;/h5-10,13,15,26H,4,11-12,14H2,1-3H3,(H2,23,24,25);1H. The smallest absolute Gasteiger partial charge is 0.191 e. The van der Waals surface area contributed by atoms with Crippen LogP contribution in [-0.2, 0) is 6.42 Å². The molecule has 0 saturated carbocycles. The molecule has 0 saturated heterocycles. The van der Waals surface area contributed by atoms with E-state index in [1.54, 1.807) is 24.3 Å². The van der Waals surface area contributed by atoms with Gasteiger partial charge in [0.15, 0.2) is 29.0 Å². The van der Waals surface area contributed by atoms with Crippen LogP contribution in [0.2, 0.25) is 0 Å². The molecular formula is C21H29FIN3O3. The third-order valence-electron chi connectivity index (χ3n) is 3.97. The molecule has 0 aromatic heterocycles. The van der Waals surface area contributed by atoms with Gasteiger partial charge in [-0.15, -0.1) is 24.0 Å². The van der Waals surface area contributed by atoms with E-state index >= 15 is 0 Å². The fourth-order valence-electron chi connectivity index (χ4n) is 2.56. The Hall–Kier alpha value is -2.23. The Bertz CT molecular complexity index is 790. The number of phenolic OH excluding ortho intramolecular Hbond substituents is 1. The lowest BCUT2D eigenvalue weighted by molar-refractivity contribution is 0.220. The van der Waals surface area contributed by atoms with Crippen molar-refractivity contribution in [1.29, 1.82) is 0 Å². The monoisotopic (exact) mass is 517 g/mol. The Morgan fingerprint density at radius 1 is 1.17 bits per heavy atom. The first-order valence-corrected chi connectivity index (χ1v) is 9.32. The van der Waals surface area contributed by atoms with E-state index in [1.165, 1.54) is 13.2 Å². The lowest BCUT2D eigenvalue weighted by Crippen LogP contribution is -2.39. The average Bonchev–Trinajstić information content (AvgIpc) is 2.69. The molecule has 0 amide bonds. The lowest BCUT2D eigenvalue weighted by atomic mass is 10.1. The van der Waals surface area contributed by atoms with Crippen LogP contribution < -0.4 is 20.1 Å². The fourth-order valence-corrected chi connectivity index (χ4v) is 2.56. The number of nitrogens with one attached hydrogen (secondary N) is 2. The molecular weight excluding hydrogens is 488 g/mol. The number of methoxy groups -OCH3 is 1. The van der Waals surface area contributed by atoms with Gasteiger partial charge in [0.05, 0.1) is 13.7 Å². The first kappa shape index (κ1) is 24.8. The number of rotatable bonds is 9. The Morgan fingerprint density at radius 3 is 2.62 bits per heavy atom. The molecule has 3 N–H and O–H groups in total. The SMILES string of the molecule is CCNC(=NCC(C)Oc1ccccc1F)NCCc1ccc(O)c(OC)c1.I. The molecule has 0 aliphatic rings. The largest absolute Gasteiger partial charge is 0.504 e. The van der Waals surface area contributed by atoms with Crippen molar-refractivity contribution < 1.29 is 19.0 Å². The Labute approximate surface area is 188 Å². The van der Waals surface area contributed by atoms with Gasteiger partial charge in [-0.25, -0.2) is 9.38 Å². The number of ether oxygens (including phenoxy) is 2. The van der Waals surface area contributed by atoms with E-state index in [0.29, 0.717) is 24.8 Å². The highest BCUT2D eigenvalue weighted by Crippen LogP contribution is 2.26. The van der Waals surface area contributed by atoms with Crippen molar-refractivity contribution in [2.45, 2.75) is 26.4 Å². The van der Waals surface area contributed by atoms with Crippen molar-refractivity contribution in [3.8, 4) is 17.2 Å². The van der Waals surface area contributed by atoms with Gasteiger partial charge in [0, 0.05) is 13.1 Å². The molecule has 0 heterocycles. The maximum atomic E-state index is 13.7. The molecule has 2 aromatic carbocycles. The summed E-state index contributed by atoms with van der Waals surface area (Å²) in [6, 6.07) is 11.6. The number of halogens is 2. The first-order valence-electron chi connectivity index (χ1n) is 9.32. The number of para-hydroxylation sites is 1. The summed E-state index contributed by atoms with van der Waals surface area (Å²) < 4.78 is 24.4. The Morgan fingerprint density at radius 2 is 1.93 bits per heavy atom. The van der Waals surface area contributed by atoms with Crippen molar-refractivity contribution in [1.82, 2.24) is 10.6 Å². The van der Waals surface area contributed by atoms with Gasteiger partial charge >= 0.3 is 0 Å². The molecule has 0 radical (unpaired) electrons. The molecule has 1 unspecified atom stereocenters. The minimum atomic E-state index is -0.382. The second kappa shape index (κ2) is 13.1. The second-order valence-electron chi connectivity index (χ2n) is 6.26. The highest BCUT2D eigenvalue weighted by Gasteiger charge is 2.08. The van der Waals surface area contributed by atoms with Gasteiger partial charge in [-0.05, 0) is 50.1 Å². The fraction of sp³-hybridized carbons (Fsp3) is 0.381. The summed E-state index contributed by atoms with van der Waals surface area (Å²) in [5, 5.41) is 16.1. The zero-order valence-electron chi connectivity index (χ0n) is 16.9. The molecule has 0 fully saturated rings. The van der Waals surface area contributed by atoms with Crippen LogP contribution in [-0.4, -0.2) is 43.9 Å². The van der Waals surface area contributed by atoms with E-state index < -0.39 is 0 Å². The average molecular weight is 517 g/mol. The molecule has 160 valence electrons. The van der Waals surface area contributed by atoms with E-state index in [0.717, 1.165) is 18.5 Å². The minimum absolute atomic E-state index is 0. The molecule has 0 bridgehead atoms. The number of aromatic hydroxyl groups is 1. The van der Waals surface area contributed by atoms with Crippen molar-refractivity contribution in [3.63, 3.8) is 0 Å². The van der Waals surface area contributed by atoms with Crippen molar-refractivity contribution in [3.05, 3.63) is 53.8 Å². The van der Waals surface area contributed by atoms with Crippen LogP contribution in [0.1, 0.15) is 19.4 Å². The summed E-state index contributed by atoms with van der Waals surface area (Å²) in [5.41, 5.74) is 1.04. The van der Waals surface area contributed by atoms with Crippen molar-refractivity contribution in [2.75, 3.05) is 26.7 Å². The number of benzene rings is 2. The number of phenols is 1. The van der Waals surface area contributed by atoms with E-state index in [9.17, 15) is 9.50 Å². The van der Waals surface area contributed by atoms with Crippen molar-refractivity contribution in [2.24, 2.45) is 4.99 Å². The van der Waals surface area contributed by atoms with Crippen LogP contribution in [0.3, 0.4) is 0 Å². The number of nitrogens with zero attached hydrogens (tertiary/aromatic N) is 1. The summed E-state index contributed by atoms with van der Waals surface area (Å²) >= 11 is 0. The third-order valence-corrected chi connectivity index (χ3v) is 3.97. The summed E-state index contributed by atoms with van der Waals surface area (Å²) in [4.78, 5) is 4.50. The number of hydrogen-bond acceptors (Lipinski definition) is 4. The molecule has 2 rings (SSSR count). The van der Waals surface area contributed by atoms with Crippen LogP contribution >= 0.6 is 24.0 Å². The van der Waals surface area contributed by atoms with E-state index in [4.69, 9.17) is 9.47 Å². The first-order chi connectivity index (χ1) is 13.5. The quantitative estimate of drug-likeness (QED) is 0.269. The molecule has 0 spiro atoms. The van der Waals surface area contributed by atoms with Crippen LogP contribution in [0.25, 0.3) is 0 Å². The molecule has 8 heteroatoms. The summed E-state index contributed by atoms with van der Waals surface area (Å²) in [5.74, 6) is 1.09. The zero-order valence-corrected chi connectivity index (χ0v) is 19.3. The third kappa shape index (κ3) is 8.35. The predicted octanol–water partition coefficient (Wildman–Crippen LogP) is 3.72. The summed E-state index contributed by atoms with van der Waals surface area (Å²) in [6.07, 6.45) is 0.469. The summed E-state index contributed by atoms with van der Waals surface area (Å²) in [7, 11) is 1.53. The molecule has 2 aromatic rings. The second-order valence-corrected chi connectivity index (χ2v) is 6.26. The zero-order chi connectivity index (χ0) is 20.4. The predicted molar refractivity (Wildman–Crippen MR) is 124 cm³/mol. The van der Waals surface area contributed by atoms with E-state index in [2.05, 4.69) is 15.6 Å². The molecule has 29 heavy (non-hydrogen) atoms. The minimum Gasteiger partial charge on any atom is -0.504 e. The van der Waals surface area contributed by atoms with Crippen molar-refractivity contribution >= 4 is 29.9 Å². The normalized spacial score (nSPS) is 11.9. The van der Waals surface area contributed by atoms with Crippen LogP contribution in [0.15, 0.2) is 47.5 Å². The van der Waals surface area contributed by atoms with Gasteiger partial charge < -0.3 is 25.2 Å². The van der Waals surface area contributed by atoms with Gasteiger partial charge in [0.1, 0.15) is 6.10 Å². The summed E-state index contributed by atoms with van der Waals surface area (Å²) in [6.45, 7) is 5.60. The highest BCUT2D eigenvalue weighted by atomic mass is 127. The molecule has 0 aliphatic heterocycles. The maximum Gasteiger partial charge on any atom is 0.191 e. The number of guanidine groups is 1. The van der Waals surface area contributed by atoms with Crippen LogP contribution in [0, 0.1) is 5.82 Å². The number of aliphatic imine (C=N–C) groups is 1. The molecule has 6 nitrogen and oxygen atoms in total. The molecule has 1 atom stereocenters. The van der Waals surface area contributed by atoms with Gasteiger partial charge in [-0.1, -0.05) is 18.2 Å². The Kier molecular flexibility index (Phi) is 11.2. The van der Waals surface area contributed by atoms with Gasteiger partial charge in [0.2, 0.25) is 0 Å². The molecule has 0 aliphatic carbocycles. The maximum absolute atomic E-state index is 13.7. The Balaban J connectivity index is 0.00000420. The van der Waals surface area contributed by atoms with E-state index in [-0.39, 0.29) is 47.4 Å². The van der Waals surface area contributed by atoms with E-state index in [1.807, 2.05) is 26.0 Å². The van der Waals surface area contributed by atoms with Gasteiger partial charge in [-0.3, -0.25) is 0 Å². The van der Waals surface area contributed by atoms with Gasteiger partial charge in [0.25, 0.3) is 0 Å². The van der Waals surface area contributed by atoms with Crippen LogP contribution in [0.5, 0.6) is 17.2 Å². The number of hydrogen-bond donors (Lipinski definition) is 3.